The summed E-state index contributed by atoms with van der Waals surface area (Å²) in [6.45, 7) is 0.757. The van der Waals surface area contributed by atoms with E-state index < -0.39 is 0 Å². The quantitative estimate of drug-likeness (QED) is 0.361. The van der Waals surface area contributed by atoms with Crippen molar-refractivity contribution in [3.05, 3.63) is 70.9 Å². The minimum Gasteiger partial charge on any atom is -0.354 e. The fourth-order valence-corrected chi connectivity index (χ4v) is 4.52. The van der Waals surface area contributed by atoms with Gasteiger partial charge in [-0.15, -0.1) is 5.10 Å². The molecule has 1 fully saturated rings. The van der Waals surface area contributed by atoms with Gasteiger partial charge in [0.15, 0.2) is 0 Å². The summed E-state index contributed by atoms with van der Waals surface area (Å²) in [5.74, 6) is -0.512. The SMILES string of the molecule is O=C(CSc1nnnn1Cc1ccccc1)NCCN1C(=O)S/C(=C\c2cccnc2)C1=O. The summed E-state index contributed by atoms with van der Waals surface area (Å²) in [6, 6.07) is 13.3. The van der Waals surface area contributed by atoms with Crippen molar-refractivity contribution < 1.29 is 14.4 Å². The molecule has 0 unspecified atom stereocenters. The van der Waals surface area contributed by atoms with Crippen LogP contribution in [0.3, 0.4) is 0 Å². The fourth-order valence-electron chi connectivity index (χ4n) is 2.95. The van der Waals surface area contributed by atoms with E-state index in [1.54, 1.807) is 35.3 Å². The van der Waals surface area contributed by atoms with Crippen LogP contribution in [0, 0.1) is 0 Å². The van der Waals surface area contributed by atoms with Gasteiger partial charge in [0.05, 0.1) is 17.2 Å². The molecule has 0 bridgehead atoms. The smallest absolute Gasteiger partial charge is 0.293 e. The van der Waals surface area contributed by atoms with Gasteiger partial charge in [0.1, 0.15) is 0 Å². The van der Waals surface area contributed by atoms with Gasteiger partial charge in [0.2, 0.25) is 11.1 Å². The first kappa shape index (κ1) is 22.7. The molecular formula is C21H19N7O3S2. The monoisotopic (exact) mass is 481 g/mol. The lowest BCUT2D eigenvalue weighted by Gasteiger charge is -2.12. The Bertz CT molecular complexity index is 1170. The summed E-state index contributed by atoms with van der Waals surface area (Å²) in [4.78, 5) is 42.4. The van der Waals surface area contributed by atoms with E-state index in [-0.39, 0.29) is 35.9 Å². The number of hydrogen-bond donors (Lipinski definition) is 1. The fraction of sp³-hybridized carbons (Fsp3) is 0.190. The Labute approximate surface area is 197 Å². The maximum absolute atomic E-state index is 12.5. The molecule has 0 saturated carbocycles. The van der Waals surface area contributed by atoms with Gasteiger partial charge in [0, 0.05) is 25.5 Å². The third-order valence-electron chi connectivity index (χ3n) is 4.52. The molecule has 1 saturated heterocycles. The minimum atomic E-state index is -0.377. The molecule has 1 aromatic carbocycles. The van der Waals surface area contributed by atoms with Crippen molar-refractivity contribution in [1.82, 2.24) is 35.4 Å². The maximum Gasteiger partial charge on any atom is 0.293 e. The summed E-state index contributed by atoms with van der Waals surface area (Å²) >= 11 is 2.09. The van der Waals surface area contributed by atoms with Gasteiger partial charge in [0.25, 0.3) is 11.1 Å². The lowest BCUT2D eigenvalue weighted by Crippen LogP contribution is -2.37. The number of nitrogens with one attached hydrogen (secondary N) is 1. The van der Waals surface area contributed by atoms with Crippen LogP contribution >= 0.6 is 23.5 Å². The number of thioether (sulfide) groups is 2. The molecule has 33 heavy (non-hydrogen) atoms. The van der Waals surface area contributed by atoms with Gasteiger partial charge >= 0.3 is 0 Å². The second-order valence-corrected chi connectivity index (χ2v) is 8.80. The lowest BCUT2D eigenvalue weighted by atomic mass is 10.2. The zero-order valence-electron chi connectivity index (χ0n) is 17.3. The first-order valence-electron chi connectivity index (χ1n) is 9.95. The normalized spacial score (nSPS) is 14.8. The Hall–Kier alpha value is -3.51. The summed E-state index contributed by atoms with van der Waals surface area (Å²) in [5.41, 5.74) is 1.79. The van der Waals surface area contributed by atoms with Crippen LogP contribution in [0.2, 0.25) is 0 Å². The number of carbonyl (C=O) groups excluding carboxylic acids is 3. The van der Waals surface area contributed by atoms with Crippen LogP contribution in [0.5, 0.6) is 0 Å². The van der Waals surface area contributed by atoms with Crippen LogP contribution in [0.25, 0.3) is 6.08 Å². The molecule has 0 spiro atoms. The Kier molecular flexibility index (Phi) is 7.47. The number of rotatable bonds is 9. The number of hydrogen-bond acceptors (Lipinski definition) is 9. The van der Waals surface area contributed by atoms with E-state index in [0.29, 0.717) is 16.6 Å². The Balaban J connectivity index is 1.23. The minimum absolute atomic E-state index is 0.0944. The van der Waals surface area contributed by atoms with Crippen molar-refractivity contribution in [3.8, 4) is 0 Å². The van der Waals surface area contributed by atoms with E-state index in [9.17, 15) is 14.4 Å². The van der Waals surface area contributed by atoms with Crippen molar-refractivity contribution in [2.45, 2.75) is 11.7 Å². The molecule has 1 N–H and O–H groups in total. The summed E-state index contributed by atoms with van der Waals surface area (Å²) in [6.07, 6.45) is 4.88. The highest BCUT2D eigenvalue weighted by Crippen LogP contribution is 2.31. The Morgan fingerprint density at radius 3 is 2.79 bits per heavy atom. The highest BCUT2D eigenvalue weighted by molar-refractivity contribution is 8.18. The molecule has 4 rings (SSSR count). The predicted octanol–water partition coefficient (Wildman–Crippen LogP) is 2.06. The number of amides is 3. The van der Waals surface area contributed by atoms with Crippen LogP contribution < -0.4 is 5.32 Å². The molecular weight excluding hydrogens is 462 g/mol. The molecule has 2 aromatic heterocycles. The third-order valence-corrected chi connectivity index (χ3v) is 6.38. The molecule has 3 aromatic rings. The molecule has 3 amide bonds. The van der Waals surface area contributed by atoms with E-state index in [2.05, 4.69) is 25.8 Å². The van der Waals surface area contributed by atoms with Crippen molar-refractivity contribution in [2.24, 2.45) is 0 Å². The number of aromatic nitrogens is 5. The van der Waals surface area contributed by atoms with Crippen LogP contribution in [0.4, 0.5) is 4.79 Å². The molecule has 3 heterocycles. The summed E-state index contributed by atoms with van der Waals surface area (Å²) < 4.78 is 1.63. The molecule has 1 aliphatic rings. The highest BCUT2D eigenvalue weighted by atomic mass is 32.2. The average molecular weight is 482 g/mol. The number of pyridine rings is 1. The van der Waals surface area contributed by atoms with Crippen LogP contribution in [-0.2, 0) is 16.1 Å². The molecule has 0 atom stereocenters. The standard InChI is InChI=1S/C21H19N7O3S2/c29-18(14-32-20-24-25-26-28(20)13-15-5-2-1-3-6-15)23-9-10-27-19(30)17(33-21(27)31)11-16-7-4-8-22-12-16/h1-8,11-12H,9-10,13-14H2,(H,23,29)/b17-11-. The largest absolute Gasteiger partial charge is 0.354 e. The maximum atomic E-state index is 12.5. The number of benzene rings is 1. The molecule has 0 aliphatic carbocycles. The molecule has 12 heteroatoms. The highest BCUT2D eigenvalue weighted by Gasteiger charge is 2.34. The lowest BCUT2D eigenvalue weighted by molar-refractivity contribution is -0.123. The van der Waals surface area contributed by atoms with E-state index in [0.717, 1.165) is 27.8 Å². The van der Waals surface area contributed by atoms with E-state index in [1.165, 1.54) is 11.8 Å². The van der Waals surface area contributed by atoms with Crippen molar-refractivity contribution in [1.29, 1.82) is 0 Å². The topological polar surface area (TPSA) is 123 Å². The van der Waals surface area contributed by atoms with E-state index in [4.69, 9.17) is 0 Å². The average Bonchev–Trinajstić information content (AvgIpc) is 3.38. The van der Waals surface area contributed by atoms with E-state index in [1.807, 2.05) is 30.3 Å². The van der Waals surface area contributed by atoms with Crippen LogP contribution in [0.15, 0.2) is 64.9 Å². The first-order valence-corrected chi connectivity index (χ1v) is 11.8. The van der Waals surface area contributed by atoms with Gasteiger partial charge in [-0.05, 0) is 45.5 Å². The van der Waals surface area contributed by atoms with Gasteiger partial charge < -0.3 is 5.32 Å². The first-order chi connectivity index (χ1) is 16.1. The molecule has 1 aliphatic heterocycles. The Morgan fingerprint density at radius 1 is 1.15 bits per heavy atom. The molecule has 10 nitrogen and oxygen atoms in total. The van der Waals surface area contributed by atoms with Crippen LogP contribution in [-0.4, -0.2) is 66.0 Å². The zero-order valence-corrected chi connectivity index (χ0v) is 19.0. The molecule has 0 radical (unpaired) electrons. The summed E-state index contributed by atoms with van der Waals surface area (Å²) in [7, 11) is 0. The van der Waals surface area contributed by atoms with Crippen molar-refractivity contribution >= 4 is 46.7 Å². The third kappa shape index (κ3) is 6.05. The number of nitrogens with zero attached hydrogens (tertiary/aromatic N) is 6. The zero-order chi connectivity index (χ0) is 23.0. The second-order valence-electron chi connectivity index (χ2n) is 6.86. The van der Waals surface area contributed by atoms with Crippen molar-refractivity contribution in [3.63, 3.8) is 0 Å². The predicted molar refractivity (Wildman–Crippen MR) is 124 cm³/mol. The Morgan fingerprint density at radius 2 is 2.00 bits per heavy atom. The van der Waals surface area contributed by atoms with Gasteiger partial charge in [-0.1, -0.05) is 48.2 Å². The number of carbonyl (C=O) groups is 3. The number of tetrazole rings is 1. The second kappa shape index (κ2) is 10.9. The van der Waals surface area contributed by atoms with Crippen molar-refractivity contribution in [2.75, 3.05) is 18.8 Å². The number of imide groups is 1. The van der Waals surface area contributed by atoms with E-state index >= 15 is 0 Å². The molecule has 168 valence electrons. The van der Waals surface area contributed by atoms with Gasteiger partial charge in [-0.3, -0.25) is 24.3 Å². The van der Waals surface area contributed by atoms with Crippen LogP contribution in [0.1, 0.15) is 11.1 Å². The summed E-state index contributed by atoms with van der Waals surface area (Å²) in [5, 5.41) is 14.5. The van der Waals surface area contributed by atoms with Gasteiger partial charge in [-0.2, -0.15) is 0 Å². The van der Waals surface area contributed by atoms with Gasteiger partial charge in [-0.25, -0.2) is 4.68 Å².